The molecule has 0 spiro atoms. The summed E-state index contributed by atoms with van der Waals surface area (Å²) in [7, 11) is 0. The predicted molar refractivity (Wildman–Crippen MR) is 80.5 cm³/mol. The molecule has 3 nitrogen and oxygen atoms in total. The molecule has 1 heterocycles. The van der Waals surface area contributed by atoms with Crippen LogP contribution in [0, 0.1) is 5.41 Å². The molecule has 1 saturated heterocycles. The number of rotatable bonds is 3. The van der Waals surface area contributed by atoms with Crippen LogP contribution < -0.4 is 5.32 Å². The molecule has 0 aromatic rings. The lowest BCUT2D eigenvalue weighted by Crippen LogP contribution is -2.60. The Kier molecular flexibility index (Phi) is 4.29. The average molecular weight is 268 g/mol. The van der Waals surface area contributed by atoms with E-state index in [-0.39, 0.29) is 5.60 Å². The predicted octanol–water partition coefficient (Wildman–Crippen LogP) is 2.65. The fourth-order valence-electron chi connectivity index (χ4n) is 4.14. The summed E-state index contributed by atoms with van der Waals surface area (Å²) in [4.78, 5) is 2.68. The van der Waals surface area contributed by atoms with Crippen molar-refractivity contribution in [2.24, 2.45) is 5.41 Å². The Hall–Kier alpha value is -0.120. The molecule has 0 aromatic heterocycles. The van der Waals surface area contributed by atoms with Gasteiger partial charge in [0.05, 0.1) is 11.7 Å². The zero-order chi connectivity index (χ0) is 14.3. The lowest BCUT2D eigenvalue weighted by atomic mass is 9.86. The van der Waals surface area contributed by atoms with Gasteiger partial charge < -0.3 is 10.1 Å². The Labute approximate surface area is 119 Å². The molecular weight excluding hydrogens is 236 g/mol. The van der Waals surface area contributed by atoms with Gasteiger partial charge in [0, 0.05) is 25.2 Å². The summed E-state index contributed by atoms with van der Waals surface area (Å²) in [5.74, 6) is 0. The van der Waals surface area contributed by atoms with Gasteiger partial charge in [-0.1, -0.05) is 20.8 Å². The Bertz CT molecular complexity index is 314. The van der Waals surface area contributed by atoms with Gasteiger partial charge >= 0.3 is 0 Å². The maximum absolute atomic E-state index is 6.05. The van der Waals surface area contributed by atoms with E-state index in [4.69, 9.17) is 4.74 Å². The highest BCUT2D eigenvalue weighted by Gasteiger charge is 2.46. The van der Waals surface area contributed by atoms with Crippen LogP contribution in [-0.2, 0) is 4.74 Å². The van der Waals surface area contributed by atoms with Crippen LogP contribution in [0.1, 0.15) is 54.4 Å². The minimum atomic E-state index is -0.0127. The first-order valence-corrected chi connectivity index (χ1v) is 7.90. The van der Waals surface area contributed by atoms with Gasteiger partial charge in [-0.2, -0.15) is 0 Å². The van der Waals surface area contributed by atoms with Crippen LogP contribution >= 0.6 is 0 Å². The van der Waals surface area contributed by atoms with Crippen LogP contribution in [0.2, 0.25) is 0 Å². The van der Waals surface area contributed by atoms with E-state index in [1.54, 1.807) is 0 Å². The van der Waals surface area contributed by atoms with E-state index in [1.165, 1.54) is 12.8 Å². The summed E-state index contributed by atoms with van der Waals surface area (Å²) >= 11 is 0. The lowest BCUT2D eigenvalue weighted by molar-refractivity contribution is -0.140. The molecule has 112 valence electrons. The second-order valence-corrected chi connectivity index (χ2v) is 7.75. The van der Waals surface area contributed by atoms with Crippen molar-refractivity contribution >= 4 is 0 Å². The van der Waals surface area contributed by atoms with E-state index in [0.29, 0.717) is 23.6 Å². The van der Waals surface area contributed by atoms with Gasteiger partial charge in [-0.3, -0.25) is 4.90 Å². The second kappa shape index (κ2) is 5.34. The maximum atomic E-state index is 6.05. The molecule has 0 aromatic carbocycles. The van der Waals surface area contributed by atoms with Crippen molar-refractivity contribution in [3.05, 3.63) is 0 Å². The first-order valence-electron chi connectivity index (χ1n) is 7.90. The topological polar surface area (TPSA) is 24.5 Å². The van der Waals surface area contributed by atoms with Crippen LogP contribution in [0.25, 0.3) is 0 Å². The highest BCUT2D eigenvalue weighted by molar-refractivity contribution is 5.02. The van der Waals surface area contributed by atoms with Crippen molar-refractivity contribution in [2.45, 2.75) is 78.2 Å². The third-order valence-corrected chi connectivity index (χ3v) is 4.80. The van der Waals surface area contributed by atoms with Crippen molar-refractivity contribution < 1.29 is 4.74 Å². The van der Waals surface area contributed by atoms with Crippen LogP contribution in [0.5, 0.6) is 0 Å². The van der Waals surface area contributed by atoms with E-state index in [9.17, 15) is 0 Å². The van der Waals surface area contributed by atoms with Gasteiger partial charge in [0.25, 0.3) is 0 Å². The number of hydrogen-bond donors (Lipinski definition) is 1. The summed E-state index contributed by atoms with van der Waals surface area (Å²) in [6.45, 7) is 16.9. The normalized spacial score (nSPS) is 38.5. The minimum Gasteiger partial charge on any atom is -0.370 e. The number of nitrogens with zero attached hydrogens (tertiary/aromatic N) is 1. The van der Waals surface area contributed by atoms with Crippen molar-refractivity contribution in [3.63, 3.8) is 0 Å². The molecule has 0 radical (unpaired) electrons. The number of nitrogens with one attached hydrogen (secondary N) is 1. The highest BCUT2D eigenvalue weighted by Crippen LogP contribution is 2.41. The van der Waals surface area contributed by atoms with E-state index < -0.39 is 0 Å². The standard InChI is InChI=1S/C16H32N2O/c1-7-17-14-13(8-9-15(14,3)4)18-10-12(2)19-16(5,6)11-18/h12-14,17H,7-11H2,1-6H3. The van der Waals surface area contributed by atoms with Gasteiger partial charge in [-0.15, -0.1) is 0 Å². The Morgan fingerprint density at radius 2 is 1.95 bits per heavy atom. The maximum Gasteiger partial charge on any atom is 0.0757 e. The number of ether oxygens (including phenoxy) is 1. The molecular formula is C16H32N2O. The van der Waals surface area contributed by atoms with Crippen LogP contribution in [0.15, 0.2) is 0 Å². The summed E-state index contributed by atoms with van der Waals surface area (Å²) in [6.07, 6.45) is 2.98. The molecule has 3 atom stereocenters. The monoisotopic (exact) mass is 268 g/mol. The molecule has 1 N–H and O–H groups in total. The molecule has 0 bridgehead atoms. The molecule has 2 aliphatic rings. The van der Waals surface area contributed by atoms with E-state index >= 15 is 0 Å². The quantitative estimate of drug-likeness (QED) is 0.851. The Morgan fingerprint density at radius 1 is 1.26 bits per heavy atom. The Morgan fingerprint density at radius 3 is 2.53 bits per heavy atom. The zero-order valence-electron chi connectivity index (χ0n) is 13.6. The number of hydrogen-bond acceptors (Lipinski definition) is 3. The van der Waals surface area contributed by atoms with Gasteiger partial charge in [0.15, 0.2) is 0 Å². The van der Waals surface area contributed by atoms with Gasteiger partial charge in [-0.05, 0) is 45.6 Å². The summed E-state index contributed by atoms with van der Waals surface area (Å²) < 4.78 is 6.05. The van der Waals surface area contributed by atoms with Crippen molar-refractivity contribution in [1.29, 1.82) is 0 Å². The first kappa shape index (κ1) is 15.3. The SMILES string of the molecule is CCNC1C(N2CC(C)OC(C)(C)C2)CCC1(C)C. The van der Waals surface area contributed by atoms with Crippen LogP contribution in [0.3, 0.4) is 0 Å². The highest BCUT2D eigenvalue weighted by atomic mass is 16.5. The van der Waals surface area contributed by atoms with E-state index in [2.05, 4.69) is 51.8 Å². The lowest BCUT2D eigenvalue weighted by Gasteiger charge is -2.47. The number of likely N-dealkylation sites (N-methyl/N-ethyl adjacent to an activating group) is 1. The number of morpholine rings is 1. The van der Waals surface area contributed by atoms with Crippen molar-refractivity contribution in [3.8, 4) is 0 Å². The fourth-order valence-corrected chi connectivity index (χ4v) is 4.14. The molecule has 3 unspecified atom stereocenters. The van der Waals surface area contributed by atoms with E-state index in [1.807, 2.05) is 0 Å². The third-order valence-electron chi connectivity index (χ3n) is 4.80. The molecule has 3 heteroatoms. The molecule has 0 amide bonds. The van der Waals surface area contributed by atoms with Crippen molar-refractivity contribution in [1.82, 2.24) is 10.2 Å². The molecule has 1 aliphatic carbocycles. The van der Waals surface area contributed by atoms with Gasteiger partial charge in [0.2, 0.25) is 0 Å². The van der Waals surface area contributed by atoms with Gasteiger partial charge in [0.1, 0.15) is 0 Å². The minimum absolute atomic E-state index is 0.0127. The van der Waals surface area contributed by atoms with Crippen LogP contribution in [0.4, 0.5) is 0 Å². The smallest absolute Gasteiger partial charge is 0.0757 e. The molecule has 1 aliphatic heterocycles. The van der Waals surface area contributed by atoms with E-state index in [0.717, 1.165) is 19.6 Å². The average Bonchev–Trinajstić information content (AvgIpc) is 2.53. The third kappa shape index (κ3) is 3.32. The van der Waals surface area contributed by atoms with Crippen LogP contribution in [-0.4, -0.2) is 48.3 Å². The largest absolute Gasteiger partial charge is 0.370 e. The molecule has 2 rings (SSSR count). The molecule has 1 saturated carbocycles. The molecule has 2 fully saturated rings. The van der Waals surface area contributed by atoms with Crippen molar-refractivity contribution in [2.75, 3.05) is 19.6 Å². The Balaban J connectivity index is 2.12. The first-order chi connectivity index (χ1) is 8.75. The fraction of sp³-hybridized carbons (Fsp3) is 1.00. The second-order valence-electron chi connectivity index (χ2n) is 7.75. The summed E-state index contributed by atoms with van der Waals surface area (Å²) in [6, 6.07) is 1.28. The van der Waals surface area contributed by atoms with Gasteiger partial charge in [-0.25, -0.2) is 0 Å². The zero-order valence-corrected chi connectivity index (χ0v) is 13.6. The molecule has 19 heavy (non-hydrogen) atoms. The summed E-state index contributed by atoms with van der Waals surface area (Å²) in [5.41, 5.74) is 0.396. The summed E-state index contributed by atoms with van der Waals surface area (Å²) in [5, 5.41) is 3.74.